The van der Waals surface area contributed by atoms with Crippen LogP contribution in [-0.4, -0.2) is 20.1 Å². The van der Waals surface area contributed by atoms with Crippen molar-refractivity contribution in [2.24, 2.45) is 7.05 Å². The van der Waals surface area contributed by atoms with Gasteiger partial charge in [0.25, 0.3) is 5.56 Å². The normalized spacial score (nSPS) is 10.3. The second-order valence-electron chi connectivity index (χ2n) is 3.51. The van der Waals surface area contributed by atoms with E-state index in [1.54, 1.807) is 29.1 Å². The second-order valence-corrected chi connectivity index (χ2v) is 3.51. The standard InChI is InChI=1S/C11H11N3O2/c1-13-6-4-9(7-13)10(15)8-14-11(16)3-2-5-12-14/h2-7H,8H2,1H3. The van der Waals surface area contributed by atoms with Gasteiger partial charge < -0.3 is 4.57 Å². The summed E-state index contributed by atoms with van der Waals surface area (Å²) in [7, 11) is 1.84. The number of aromatic nitrogens is 3. The summed E-state index contributed by atoms with van der Waals surface area (Å²) in [4.78, 5) is 23.1. The monoisotopic (exact) mass is 217 g/mol. The van der Waals surface area contributed by atoms with Gasteiger partial charge in [-0.15, -0.1) is 0 Å². The number of carbonyl (C=O) groups is 1. The topological polar surface area (TPSA) is 56.9 Å². The highest BCUT2D eigenvalue weighted by atomic mass is 16.1. The molecule has 0 saturated carbocycles. The van der Waals surface area contributed by atoms with E-state index in [2.05, 4.69) is 5.10 Å². The first kappa shape index (κ1) is 10.4. The highest BCUT2D eigenvalue weighted by molar-refractivity contribution is 5.95. The number of rotatable bonds is 3. The third kappa shape index (κ3) is 2.08. The van der Waals surface area contributed by atoms with Crippen LogP contribution in [0.2, 0.25) is 0 Å². The van der Waals surface area contributed by atoms with Crippen LogP contribution in [0.15, 0.2) is 41.6 Å². The molecule has 16 heavy (non-hydrogen) atoms. The van der Waals surface area contributed by atoms with Crippen LogP contribution >= 0.6 is 0 Å². The highest BCUT2D eigenvalue weighted by Crippen LogP contribution is 2.01. The fraction of sp³-hybridized carbons (Fsp3) is 0.182. The van der Waals surface area contributed by atoms with Crippen molar-refractivity contribution < 1.29 is 4.79 Å². The molecule has 2 heterocycles. The largest absolute Gasteiger partial charge is 0.357 e. The average Bonchev–Trinajstić information content (AvgIpc) is 2.68. The molecule has 0 saturated heterocycles. The number of hydrogen-bond acceptors (Lipinski definition) is 3. The zero-order valence-corrected chi connectivity index (χ0v) is 8.83. The van der Waals surface area contributed by atoms with Gasteiger partial charge in [0.2, 0.25) is 0 Å². The summed E-state index contributed by atoms with van der Waals surface area (Å²) in [6, 6.07) is 4.65. The van der Waals surface area contributed by atoms with E-state index in [0.29, 0.717) is 5.56 Å². The lowest BCUT2D eigenvalue weighted by molar-refractivity contribution is 0.0965. The summed E-state index contributed by atoms with van der Waals surface area (Å²) in [6.07, 6.45) is 4.99. The minimum Gasteiger partial charge on any atom is -0.357 e. The molecule has 82 valence electrons. The van der Waals surface area contributed by atoms with Crippen molar-refractivity contribution in [1.82, 2.24) is 14.3 Å². The molecular formula is C11H11N3O2. The molecule has 0 fully saturated rings. The summed E-state index contributed by atoms with van der Waals surface area (Å²) in [5, 5.41) is 3.83. The molecule has 2 aromatic rings. The maximum atomic E-state index is 11.8. The fourth-order valence-electron chi connectivity index (χ4n) is 1.40. The SMILES string of the molecule is Cn1ccc(C(=O)Cn2ncccc2=O)c1. The molecule has 0 bridgehead atoms. The highest BCUT2D eigenvalue weighted by Gasteiger charge is 2.08. The van der Waals surface area contributed by atoms with Crippen LogP contribution in [0.25, 0.3) is 0 Å². The molecule has 0 aliphatic heterocycles. The number of nitrogens with zero attached hydrogens (tertiary/aromatic N) is 3. The van der Waals surface area contributed by atoms with Crippen molar-refractivity contribution in [3.05, 3.63) is 52.7 Å². The van der Waals surface area contributed by atoms with Crippen LogP contribution in [-0.2, 0) is 13.6 Å². The van der Waals surface area contributed by atoms with Gasteiger partial charge in [0.1, 0.15) is 6.54 Å². The number of Topliss-reactive ketones (excluding diaryl/α,β-unsaturated/α-hetero) is 1. The summed E-state index contributed by atoms with van der Waals surface area (Å²) in [5.74, 6) is -0.124. The van der Waals surface area contributed by atoms with E-state index in [1.165, 1.54) is 12.3 Å². The van der Waals surface area contributed by atoms with Crippen molar-refractivity contribution >= 4 is 5.78 Å². The van der Waals surface area contributed by atoms with Crippen molar-refractivity contribution in [1.29, 1.82) is 0 Å². The molecule has 0 amide bonds. The number of ketones is 1. The zero-order chi connectivity index (χ0) is 11.5. The van der Waals surface area contributed by atoms with Gasteiger partial charge >= 0.3 is 0 Å². The molecule has 0 N–H and O–H groups in total. The van der Waals surface area contributed by atoms with Crippen LogP contribution in [0.5, 0.6) is 0 Å². The Bertz CT molecular complexity index is 568. The van der Waals surface area contributed by atoms with E-state index in [0.717, 1.165) is 4.68 Å². The van der Waals surface area contributed by atoms with E-state index in [9.17, 15) is 9.59 Å². The van der Waals surface area contributed by atoms with Gasteiger partial charge in [-0.1, -0.05) is 0 Å². The summed E-state index contributed by atoms with van der Waals surface area (Å²) < 4.78 is 2.93. The Hall–Kier alpha value is -2.17. The third-order valence-corrected chi connectivity index (χ3v) is 2.23. The molecule has 0 radical (unpaired) electrons. The van der Waals surface area contributed by atoms with Crippen LogP contribution in [0.1, 0.15) is 10.4 Å². The van der Waals surface area contributed by atoms with Crippen LogP contribution in [0.4, 0.5) is 0 Å². The second kappa shape index (κ2) is 4.14. The van der Waals surface area contributed by atoms with Crippen LogP contribution in [0.3, 0.4) is 0 Å². The predicted octanol–water partition coefficient (Wildman–Crippen LogP) is 0.465. The van der Waals surface area contributed by atoms with Crippen LogP contribution in [0, 0.1) is 0 Å². The molecule has 5 heteroatoms. The molecular weight excluding hydrogens is 206 g/mol. The summed E-state index contributed by atoms with van der Waals surface area (Å²) in [5.41, 5.74) is 0.312. The number of aryl methyl sites for hydroxylation is 1. The van der Waals surface area contributed by atoms with E-state index in [4.69, 9.17) is 0 Å². The van der Waals surface area contributed by atoms with Crippen LogP contribution < -0.4 is 5.56 Å². The van der Waals surface area contributed by atoms with E-state index < -0.39 is 0 Å². The lowest BCUT2D eigenvalue weighted by atomic mass is 10.2. The summed E-state index contributed by atoms with van der Waals surface area (Å²) in [6.45, 7) is -0.0241. The Balaban J connectivity index is 2.20. The van der Waals surface area contributed by atoms with E-state index >= 15 is 0 Å². The maximum absolute atomic E-state index is 11.8. The van der Waals surface area contributed by atoms with Crippen molar-refractivity contribution in [3.63, 3.8) is 0 Å². The molecule has 0 aliphatic rings. The van der Waals surface area contributed by atoms with Crippen molar-refractivity contribution in [2.45, 2.75) is 6.54 Å². The molecule has 0 spiro atoms. The molecule has 0 atom stereocenters. The smallest absolute Gasteiger partial charge is 0.267 e. The van der Waals surface area contributed by atoms with Gasteiger partial charge in [0.05, 0.1) is 0 Å². The number of hydrogen-bond donors (Lipinski definition) is 0. The predicted molar refractivity (Wildman–Crippen MR) is 58.2 cm³/mol. The molecule has 2 rings (SSSR count). The Morgan fingerprint density at radius 1 is 1.44 bits per heavy atom. The molecule has 0 aliphatic carbocycles. The number of carbonyl (C=O) groups excluding carboxylic acids is 1. The Kier molecular flexibility index (Phi) is 2.68. The molecule has 0 aromatic carbocycles. The lowest BCUT2D eigenvalue weighted by Crippen LogP contribution is -2.25. The molecule has 5 nitrogen and oxygen atoms in total. The molecule has 0 unspecified atom stereocenters. The maximum Gasteiger partial charge on any atom is 0.267 e. The first-order chi connectivity index (χ1) is 7.66. The average molecular weight is 217 g/mol. The van der Waals surface area contributed by atoms with Crippen molar-refractivity contribution in [3.8, 4) is 0 Å². The van der Waals surface area contributed by atoms with Gasteiger partial charge in [0.15, 0.2) is 5.78 Å². The quantitative estimate of drug-likeness (QED) is 0.702. The Labute approximate surface area is 91.9 Å². The fourth-order valence-corrected chi connectivity index (χ4v) is 1.40. The van der Waals surface area contributed by atoms with Gasteiger partial charge in [0, 0.05) is 37.3 Å². The Morgan fingerprint density at radius 3 is 2.88 bits per heavy atom. The minimum atomic E-state index is -0.271. The minimum absolute atomic E-state index is 0.0241. The first-order valence-corrected chi connectivity index (χ1v) is 4.84. The van der Waals surface area contributed by atoms with E-state index in [1.807, 2.05) is 7.05 Å². The van der Waals surface area contributed by atoms with Crippen molar-refractivity contribution in [2.75, 3.05) is 0 Å². The van der Waals surface area contributed by atoms with Gasteiger partial charge in [-0.25, -0.2) is 4.68 Å². The first-order valence-electron chi connectivity index (χ1n) is 4.84. The summed E-state index contributed by atoms with van der Waals surface area (Å²) >= 11 is 0. The van der Waals surface area contributed by atoms with Gasteiger partial charge in [-0.05, 0) is 12.1 Å². The molecule has 2 aromatic heterocycles. The van der Waals surface area contributed by atoms with E-state index in [-0.39, 0.29) is 17.9 Å². The third-order valence-electron chi connectivity index (χ3n) is 2.23. The Morgan fingerprint density at radius 2 is 2.25 bits per heavy atom. The zero-order valence-electron chi connectivity index (χ0n) is 8.83. The van der Waals surface area contributed by atoms with Gasteiger partial charge in [-0.3, -0.25) is 9.59 Å². The lowest BCUT2D eigenvalue weighted by Gasteiger charge is -2.00. The van der Waals surface area contributed by atoms with Gasteiger partial charge in [-0.2, -0.15) is 5.10 Å².